The molecule has 23 heavy (non-hydrogen) atoms. The number of amides is 2. The predicted octanol–water partition coefficient (Wildman–Crippen LogP) is 3.18. The van der Waals surface area contributed by atoms with Crippen LogP contribution in [0.25, 0.3) is 0 Å². The zero-order valence-electron chi connectivity index (χ0n) is 12.9. The number of nitrogens with one attached hydrogen (secondary N) is 2. The summed E-state index contributed by atoms with van der Waals surface area (Å²) in [5.74, 6) is 1.13. The summed E-state index contributed by atoms with van der Waals surface area (Å²) in [7, 11) is 0. The van der Waals surface area contributed by atoms with Crippen LogP contribution in [0.1, 0.15) is 17.0 Å². The number of carbonyl (C=O) groups excluding carboxylic acids is 1. The number of aromatic nitrogens is 3. The lowest BCUT2D eigenvalue weighted by Gasteiger charge is -2.03. The molecule has 7 heteroatoms. The fraction of sp³-hybridized carbons (Fsp3) is 0.188. The fourth-order valence-corrected chi connectivity index (χ4v) is 2.06. The smallest absolute Gasteiger partial charge is 0.328 e. The Bertz CT molecular complexity index is 788. The van der Waals surface area contributed by atoms with Gasteiger partial charge in [0.05, 0.1) is 12.2 Å². The number of hydrogen-bond acceptors (Lipinski definition) is 4. The summed E-state index contributed by atoms with van der Waals surface area (Å²) in [6.07, 6.45) is 1.81. The molecule has 2 heterocycles. The summed E-state index contributed by atoms with van der Waals surface area (Å²) in [6, 6.07) is 11.4. The first kappa shape index (κ1) is 14.8. The maximum atomic E-state index is 11.9. The highest BCUT2D eigenvalue weighted by atomic mass is 16.4. The van der Waals surface area contributed by atoms with E-state index in [-0.39, 0.29) is 6.01 Å². The Balaban J connectivity index is 1.59. The van der Waals surface area contributed by atoms with Crippen LogP contribution in [0, 0.1) is 13.8 Å². The van der Waals surface area contributed by atoms with Gasteiger partial charge in [-0.25, -0.2) is 4.79 Å². The van der Waals surface area contributed by atoms with E-state index in [1.807, 2.05) is 43.5 Å². The van der Waals surface area contributed by atoms with E-state index in [2.05, 4.69) is 20.7 Å². The van der Waals surface area contributed by atoms with Gasteiger partial charge in [-0.15, -0.1) is 0 Å². The molecular weight excluding hydrogens is 294 g/mol. The molecule has 0 aliphatic carbocycles. The van der Waals surface area contributed by atoms with E-state index >= 15 is 0 Å². The Kier molecular flexibility index (Phi) is 4.09. The van der Waals surface area contributed by atoms with Gasteiger partial charge < -0.3 is 4.42 Å². The second-order valence-corrected chi connectivity index (χ2v) is 5.12. The van der Waals surface area contributed by atoms with E-state index in [1.165, 1.54) is 0 Å². The van der Waals surface area contributed by atoms with Gasteiger partial charge in [0.25, 0.3) is 0 Å². The molecule has 0 bridgehead atoms. The van der Waals surface area contributed by atoms with Crippen molar-refractivity contribution in [3.63, 3.8) is 0 Å². The SMILES string of the molecule is Cc1nc(NC(=O)Nc2ccn(Cc3ccccc3)n2)oc1C. The van der Waals surface area contributed by atoms with Gasteiger partial charge in [0, 0.05) is 12.3 Å². The van der Waals surface area contributed by atoms with E-state index in [4.69, 9.17) is 4.42 Å². The molecule has 2 aromatic heterocycles. The van der Waals surface area contributed by atoms with Crippen LogP contribution in [0.2, 0.25) is 0 Å². The van der Waals surface area contributed by atoms with E-state index in [0.29, 0.717) is 18.1 Å². The normalized spacial score (nSPS) is 10.5. The summed E-state index contributed by atoms with van der Waals surface area (Å²) in [4.78, 5) is 16.0. The van der Waals surface area contributed by atoms with Crippen molar-refractivity contribution in [2.75, 3.05) is 10.6 Å². The number of hydrogen-bond donors (Lipinski definition) is 2. The van der Waals surface area contributed by atoms with Crippen LogP contribution in [0.4, 0.5) is 16.6 Å². The predicted molar refractivity (Wildman–Crippen MR) is 86.4 cm³/mol. The van der Waals surface area contributed by atoms with Crippen molar-refractivity contribution in [2.24, 2.45) is 0 Å². The first-order valence-corrected chi connectivity index (χ1v) is 7.19. The molecule has 0 unspecified atom stereocenters. The number of urea groups is 1. The first-order valence-electron chi connectivity index (χ1n) is 7.19. The lowest BCUT2D eigenvalue weighted by molar-refractivity contribution is 0.261. The fourth-order valence-electron chi connectivity index (χ4n) is 2.06. The van der Waals surface area contributed by atoms with Gasteiger partial charge >= 0.3 is 12.0 Å². The molecule has 0 spiro atoms. The monoisotopic (exact) mass is 311 g/mol. The minimum atomic E-state index is -0.448. The molecule has 0 aliphatic rings. The molecule has 2 N–H and O–H groups in total. The molecule has 0 atom stereocenters. The summed E-state index contributed by atoms with van der Waals surface area (Å²) in [5.41, 5.74) is 1.88. The van der Waals surface area contributed by atoms with Gasteiger partial charge in [0.1, 0.15) is 5.76 Å². The van der Waals surface area contributed by atoms with Crippen molar-refractivity contribution in [1.82, 2.24) is 14.8 Å². The second-order valence-electron chi connectivity index (χ2n) is 5.12. The number of oxazole rings is 1. The molecule has 0 radical (unpaired) electrons. The lowest BCUT2D eigenvalue weighted by Crippen LogP contribution is -2.20. The number of nitrogens with zero attached hydrogens (tertiary/aromatic N) is 3. The third kappa shape index (κ3) is 3.76. The summed E-state index contributed by atoms with van der Waals surface area (Å²) in [5, 5.41) is 9.48. The van der Waals surface area contributed by atoms with Crippen LogP contribution in [-0.2, 0) is 6.54 Å². The second kappa shape index (κ2) is 6.35. The Morgan fingerprint density at radius 1 is 1.17 bits per heavy atom. The number of aryl methyl sites for hydroxylation is 2. The van der Waals surface area contributed by atoms with E-state index in [9.17, 15) is 4.79 Å². The van der Waals surface area contributed by atoms with Crippen molar-refractivity contribution in [3.8, 4) is 0 Å². The van der Waals surface area contributed by atoms with E-state index in [1.54, 1.807) is 17.7 Å². The quantitative estimate of drug-likeness (QED) is 0.775. The average Bonchev–Trinajstić information content (AvgIpc) is 3.07. The molecule has 0 saturated heterocycles. The molecule has 118 valence electrons. The minimum absolute atomic E-state index is 0.168. The van der Waals surface area contributed by atoms with Crippen molar-refractivity contribution >= 4 is 17.9 Å². The van der Waals surface area contributed by atoms with Crippen molar-refractivity contribution < 1.29 is 9.21 Å². The van der Waals surface area contributed by atoms with E-state index < -0.39 is 6.03 Å². The van der Waals surface area contributed by atoms with Gasteiger partial charge in [-0.2, -0.15) is 10.1 Å². The van der Waals surface area contributed by atoms with Crippen molar-refractivity contribution in [2.45, 2.75) is 20.4 Å². The van der Waals surface area contributed by atoms with Crippen LogP contribution < -0.4 is 10.6 Å². The van der Waals surface area contributed by atoms with Crippen molar-refractivity contribution in [1.29, 1.82) is 0 Å². The van der Waals surface area contributed by atoms with Gasteiger partial charge in [-0.1, -0.05) is 30.3 Å². The van der Waals surface area contributed by atoms with Crippen LogP contribution in [0.15, 0.2) is 47.0 Å². The maximum Gasteiger partial charge on any atom is 0.328 e. The van der Waals surface area contributed by atoms with Gasteiger partial charge in [0.15, 0.2) is 5.82 Å². The number of benzene rings is 1. The molecule has 2 amide bonds. The molecule has 3 rings (SSSR count). The molecule has 0 fully saturated rings. The Hall–Kier alpha value is -3.09. The van der Waals surface area contributed by atoms with Crippen LogP contribution in [-0.4, -0.2) is 20.8 Å². The molecule has 0 aliphatic heterocycles. The number of carbonyl (C=O) groups is 1. The largest absolute Gasteiger partial charge is 0.428 e. The molecule has 1 aromatic carbocycles. The van der Waals surface area contributed by atoms with Crippen LogP contribution in [0.3, 0.4) is 0 Å². The Morgan fingerprint density at radius 2 is 1.96 bits per heavy atom. The zero-order valence-corrected chi connectivity index (χ0v) is 12.9. The molecule has 7 nitrogen and oxygen atoms in total. The number of rotatable bonds is 4. The first-order chi connectivity index (χ1) is 11.1. The van der Waals surface area contributed by atoms with Crippen LogP contribution >= 0.6 is 0 Å². The highest BCUT2D eigenvalue weighted by Crippen LogP contribution is 2.13. The molecular formula is C16H17N5O2. The summed E-state index contributed by atoms with van der Waals surface area (Å²) in [6.45, 7) is 4.24. The van der Waals surface area contributed by atoms with Crippen LogP contribution in [0.5, 0.6) is 0 Å². The lowest BCUT2D eigenvalue weighted by atomic mass is 10.2. The molecule has 0 saturated carbocycles. The minimum Gasteiger partial charge on any atom is -0.428 e. The van der Waals surface area contributed by atoms with Crippen molar-refractivity contribution in [3.05, 3.63) is 59.6 Å². The summed E-state index contributed by atoms with van der Waals surface area (Å²) >= 11 is 0. The topological polar surface area (TPSA) is 85.0 Å². The molecule has 3 aromatic rings. The number of anilines is 2. The van der Waals surface area contributed by atoms with Gasteiger partial charge in [-0.05, 0) is 19.4 Å². The Labute approximate surface area is 133 Å². The standard InChI is InChI=1S/C16H17N5O2/c1-11-12(2)23-16(17-11)19-15(22)18-14-8-9-21(20-14)10-13-6-4-3-5-7-13/h3-9H,10H2,1-2H3,(H2,17,18,19,20,22). The zero-order chi connectivity index (χ0) is 16.2. The average molecular weight is 311 g/mol. The van der Waals surface area contributed by atoms with E-state index in [0.717, 1.165) is 11.3 Å². The maximum absolute atomic E-state index is 11.9. The summed E-state index contributed by atoms with van der Waals surface area (Å²) < 4.78 is 7.05. The van der Waals surface area contributed by atoms with Gasteiger partial charge in [-0.3, -0.25) is 15.3 Å². The highest BCUT2D eigenvalue weighted by Gasteiger charge is 2.10. The van der Waals surface area contributed by atoms with Gasteiger partial charge in [0.2, 0.25) is 0 Å². The highest BCUT2D eigenvalue weighted by molar-refractivity contribution is 5.97. The third-order valence-corrected chi connectivity index (χ3v) is 3.32. The third-order valence-electron chi connectivity index (χ3n) is 3.32. The Morgan fingerprint density at radius 3 is 2.65 bits per heavy atom.